The highest BCUT2D eigenvalue weighted by Crippen LogP contribution is 2.47. The van der Waals surface area contributed by atoms with Gasteiger partial charge in [0.05, 0.1) is 5.56 Å². The lowest BCUT2D eigenvalue weighted by atomic mass is 9.62. The van der Waals surface area contributed by atoms with Gasteiger partial charge in [-0.3, -0.25) is 0 Å². The van der Waals surface area contributed by atoms with Crippen LogP contribution in [0.15, 0.2) is 36.4 Å². The van der Waals surface area contributed by atoms with E-state index in [4.69, 9.17) is 5.11 Å². The summed E-state index contributed by atoms with van der Waals surface area (Å²) < 4.78 is 0. The van der Waals surface area contributed by atoms with Gasteiger partial charge in [0.15, 0.2) is 0 Å². The molecule has 0 atom stereocenters. The number of allylic oxidation sites excluding steroid dienone is 1. The van der Waals surface area contributed by atoms with E-state index in [1.54, 1.807) is 12.1 Å². The van der Waals surface area contributed by atoms with Gasteiger partial charge in [-0.2, -0.15) is 0 Å². The zero-order chi connectivity index (χ0) is 20.7. The number of rotatable bonds is 4. The second kappa shape index (κ2) is 7.24. The van der Waals surface area contributed by atoms with E-state index < -0.39 is 5.97 Å². The van der Waals surface area contributed by atoms with Crippen LogP contribution in [-0.4, -0.2) is 11.1 Å². The summed E-state index contributed by atoms with van der Waals surface area (Å²) >= 11 is 0. The van der Waals surface area contributed by atoms with Crippen LogP contribution in [0.1, 0.15) is 92.1 Å². The van der Waals surface area contributed by atoms with Crippen LogP contribution in [0.3, 0.4) is 0 Å². The van der Waals surface area contributed by atoms with Crippen LogP contribution in [0.4, 0.5) is 0 Å². The van der Waals surface area contributed by atoms with Crippen LogP contribution in [0.5, 0.6) is 0 Å². The average Bonchev–Trinajstić information content (AvgIpc) is 2.64. The lowest BCUT2D eigenvalue weighted by molar-refractivity contribution is 0.0697. The van der Waals surface area contributed by atoms with Gasteiger partial charge in [-0.15, -0.1) is 0 Å². The summed E-state index contributed by atoms with van der Waals surface area (Å²) in [6.45, 7) is 13.8. The van der Waals surface area contributed by atoms with E-state index in [9.17, 15) is 4.79 Å². The second-order valence-corrected chi connectivity index (χ2v) is 9.43. The Labute approximate surface area is 169 Å². The summed E-state index contributed by atoms with van der Waals surface area (Å²) in [6.07, 6.45) is 5.56. The minimum absolute atomic E-state index is 0.190. The molecule has 148 valence electrons. The first kappa shape index (κ1) is 20.4. The maximum Gasteiger partial charge on any atom is 0.335 e. The van der Waals surface area contributed by atoms with Crippen molar-refractivity contribution in [3.63, 3.8) is 0 Å². The third kappa shape index (κ3) is 3.78. The molecule has 0 aliphatic heterocycles. The quantitative estimate of drug-likeness (QED) is 0.584. The van der Waals surface area contributed by atoms with E-state index in [0.717, 1.165) is 12.0 Å². The second-order valence-electron chi connectivity index (χ2n) is 9.43. The lowest BCUT2D eigenvalue weighted by Gasteiger charge is -2.42. The fourth-order valence-electron chi connectivity index (χ4n) is 4.36. The van der Waals surface area contributed by atoms with E-state index in [0.29, 0.717) is 5.56 Å². The van der Waals surface area contributed by atoms with Crippen molar-refractivity contribution in [3.05, 3.63) is 69.8 Å². The first-order chi connectivity index (χ1) is 13.0. The van der Waals surface area contributed by atoms with Crippen LogP contribution < -0.4 is 0 Å². The molecule has 1 N–H and O–H groups in total. The van der Waals surface area contributed by atoms with Gasteiger partial charge in [-0.1, -0.05) is 65.0 Å². The van der Waals surface area contributed by atoms with Crippen molar-refractivity contribution in [2.24, 2.45) is 0 Å². The molecule has 2 heteroatoms. The Bertz CT molecular complexity index is 928. The molecule has 0 aromatic heterocycles. The van der Waals surface area contributed by atoms with Gasteiger partial charge in [-0.05, 0) is 82.5 Å². The van der Waals surface area contributed by atoms with Crippen LogP contribution >= 0.6 is 0 Å². The minimum atomic E-state index is -0.887. The number of carbonyl (C=O) groups is 1. The summed E-state index contributed by atoms with van der Waals surface area (Å²) in [4.78, 5) is 11.1. The van der Waals surface area contributed by atoms with E-state index >= 15 is 0 Å². The number of aryl methyl sites for hydroxylation is 1. The normalized spacial score (nSPS) is 17.9. The first-order valence-electron chi connectivity index (χ1n) is 10.2. The molecule has 1 aliphatic carbocycles. The van der Waals surface area contributed by atoms with Crippen LogP contribution in [0.25, 0.3) is 11.6 Å². The molecule has 0 saturated heterocycles. The largest absolute Gasteiger partial charge is 0.478 e. The smallest absolute Gasteiger partial charge is 0.335 e. The summed E-state index contributed by atoms with van der Waals surface area (Å²) in [7, 11) is 0. The highest BCUT2D eigenvalue weighted by Gasteiger charge is 2.37. The summed E-state index contributed by atoms with van der Waals surface area (Å²) in [6, 6.07) is 12.0. The summed E-state index contributed by atoms with van der Waals surface area (Å²) in [5.41, 5.74) is 8.67. The van der Waals surface area contributed by atoms with Crippen molar-refractivity contribution < 1.29 is 9.90 Å². The number of fused-ring (bicyclic) bond motifs is 1. The number of benzene rings is 2. The summed E-state index contributed by atoms with van der Waals surface area (Å²) in [5.74, 6) is -0.887. The zero-order valence-electron chi connectivity index (χ0n) is 18.0. The highest BCUT2D eigenvalue weighted by molar-refractivity contribution is 5.89. The van der Waals surface area contributed by atoms with Gasteiger partial charge in [-0.25, -0.2) is 4.79 Å². The van der Waals surface area contributed by atoms with Crippen molar-refractivity contribution in [2.45, 2.75) is 71.6 Å². The van der Waals surface area contributed by atoms with Crippen molar-refractivity contribution in [1.82, 2.24) is 0 Å². The molecule has 2 aromatic carbocycles. The number of hydrogen-bond acceptors (Lipinski definition) is 1. The number of aromatic carboxylic acids is 1. The molecule has 2 aromatic rings. The third-order valence-electron chi connectivity index (χ3n) is 6.42. The fraction of sp³-hybridized carbons (Fsp3) is 0.423. The molecule has 3 rings (SSSR count). The monoisotopic (exact) mass is 376 g/mol. The van der Waals surface area contributed by atoms with Crippen molar-refractivity contribution in [3.8, 4) is 0 Å². The third-order valence-corrected chi connectivity index (χ3v) is 6.42. The molecule has 0 fully saturated rings. The Morgan fingerprint density at radius 1 is 1.00 bits per heavy atom. The standard InChI is InChI=1S/C26H32O2/c1-7-19(15-18-8-10-20(11-9-18)24(27)28)21-16-23-22(14-17(21)2)25(3,4)12-13-26(23,5)6/h8-11,14-16H,7,12-13H2,1-6H3,(H,27,28). The van der Waals surface area contributed by atoms with Crippen LogP contribution in [-0.2, 0) is 10.8 Å². The van der Waals surface area contributed by atoms with Crippen LogP contribution in [0, 0.1) is 6.92 Å². The average molecular weight is 377 g/mol. The molecule has 2 nitrogen and oxygen atoms in total. The lowest BCUT2D eigenvalue weighted by Crippen LogP contribution is -2.34. The van der Waals surface area contributed by atoms with E-state index in [1.165, 1.54) is 40.7 Å². The Balaban J connectivity index is 2.10. The molecule has 0 bridgehead atoms. The Hall–Kier alpha value is -2.35. The van der Waals surface area contributed by atoms with Gasteiger partial charge < -0.3 is 5.11 Å². The Morgan fingerprint density at radius 3 is 2.04 bits per heavy atom. The van der Waals surface area contributed by atoms with E-state index in [1.807, 2.05) is 12.1 Å². The molecule has 0 saturated carbocycles. The van der Waals surface area contributed by atoms with Gasteiger partial charge in [0.2, 0.25) is 0 Å². The fourth-order valence-corrected chi connectivity index (χ4v) is 4.36. The highest BCUT2D eigenvalue weighted by atomic mass is 16.4. The predicted molar refractivity (Wildman–Crippen MR) is 118 cm³/mol. The summed E-state index contributed by atoms with van der Waals surface area (Å²) in [5, 5.41) is 9.11. The number of carboxylic acid groups (broad SMARTS) is 1. The van der Waals surface area contributed by atoms with Crippen molar-refractivity contribution in [1.29, 1.82) is 0 Å². The maximum absolute atomic E-state index is 11.1. The zero-order valence-corrected chi connectivity index (χ0v) is 18.0. The molecular weight excluding hydrogens is 344 g/mol. The molecule has 0 radical (unpaired) electrons. The first-order valence-corrected chi connectivity index (χ1v) is 10.2. The van der Waals surface area contributed by atoms with Crippen molar-refractivity contribution >= 4 is 17.6 Å². The van der Waals surface area contributed by atoms with Gasteiger partial charge in [0, 0.05) is 0 Å². The van der Waals surface area contributed by atoms with Crippen LogP contribution in [0.2, 0.25) is 0 Å². The van der Waals surface area contributed by atoms with E-state index in [-0.39, 0.29) is 10.8 Å². The molecule has 1 aliphatic rings. The SMILES string of the molecule is CCC(=Cc1ccc(C(=O)O)cc1)c1cc2c(cc1C)C(C)(C)CCC2(C)C. The Kier molecular flexibility index (Phi) is 5.27. The van der Waals surface area contributed by atoms with Gasteiger partial charge in [0.1, 0.15) is 0 Å². The van der Waals surface area contributed by atoms with Crippen molar-refractivity contribution in [2.75, 3.05) is 0 Å². The molecule has 0 spiro atoms. The molecule has 28 heavy (non-hydrogen) atoms. The molecular formula is C26H32O2. The van der Waals surface area contributed by atoms with E-state index in [2.05, 4.69) is 59.8 Å². The predicted octanol–water partition coefficient (Wildman–Crippen LogP) is 6.99. The number of carboxylic acids is 1. The van der Waals surface area contributed by atoms with Gasteiger partial charge >= 0.3 is 5.97 Å². The molecule has 0 unspecified atom stereocenters. The number of hydrogen-bond donors (Lipinski definition) is 1. The van der Waals surface area contributed by atoms with Gasteiger partial charge in [0.25, 0.3) is 0 Å². The maximum atomic E-state index is 11.1. The topological polar surface area (TPSA) is 37.3 Å². The minimum Gasteiger partial charge on any atom is -0.478 e. The molecule has 0 amide bonds. The Morgan fingerprint density at radius 2 is 1.54 bits per heavy atom. The molecule has 0 heterocycles.